The number of amides is 1. The Bertz CT molecular complexity index is 1210. The van der Waals surface area contributed by atoms with E-state index < -0.39 is 11.5 Å². The Hall–Kier alpha value is -3.17. The maximum absolute atomic E-state index is 14.5. The summed E-state index contributed by atoms with van der Waals surface area (Å²) in [6.07, 6.45) is 2.72. The van der Waals surface area contributed by atoms with Gasteiger partial charge in [0.2, 0.25) is 5.72 Å². The molecule has 174 valence electrons. The van der Waals surface area contributed by atoms with Crippen molar-refractivity contribution < 1.29 is 18.7 Å². The van der Waals surface area contributed by atoms with E-state index in [0.29, 0.717) is 34.6 Å². The second kappa shape index (κ2) is 8.99. The first-order chi connectivity index (χ1) is 15.8. The van der Waals surface area contributed by atoms with Gasteiger partial charge in [0.1, 0.15) is 12.1 Å². The summed E-state index contributed by atoms with van der Waals surface area (Å²) in [7, 11) is 6.79. The number of nitrogens with zero attached hydrogens (tertiary/aromatic N) is 4. The quantitative estimate of drug-likeness (QED) is 0.578. The fraction of sp³-hybridized carbons (Fsp3) is 0.348. The molecule has 2 heterocycles. The lowest BCUT2D eigenvalue weighted by Crippen LogP contribution is -2.57. The molecule has 0 aliphatic carbocycles. The molecule has 2 aromatic carbocycles. The molecule has 0 radical (unpaired) electrons. The van der Waals surface area contributed by atoms with Crippen LogP contribution in [0.15, 0.2) is 36.7 Å². The van der Waals surface area contributed by atoms with Crippen molar-refractivity contribution >= 4 is 39.9 Å². The largest absolute Gasteiger partial charge is 0.493 e. The fourth-order valence-electron chi connectivity index (χ4n) is 4.03. The van der Waals surface area contributed by atoms with Crippen molar-refractivity contribution in [3.63, 3.8) is 0 Å². The van der Waals surface area contributed by atoms with Crippen molar-refractivity contribution in [2.75, 3.05) is 40.1 Å². The Morgan fingerprint density at radius 1 is 1.27 bits per heavy atom. The zero-order chi connectivity index (χ0) is 23.8. The van der Waals surface area contributed by atoms with Gasteiger partial charge in [0.15, 0.2) is 17.3 Å². The minimum atomic E-state index is -1.16. The third kappa shape index (κ3) is 4.14. The maximum Gasteiger partial charge on any atom is 0.282 e. The smallest absolute Gasteiger partial charge is 0.282 e. The number of hydrogen-bond donors (Lipinski definition) is 1. The van der Waals surface area contributed by atoms with Gasteiger partial charge in [-0.15, -0.1) is 0 Å². The minimum Gasteiger partial charge on any atom is -0.493 e. The number of halogens is 2. The molecule has 1 fully saturated rings. The van der Waals surface area contributed by atoms with E-state index in [1.807, 2.05) is 11.9 Å². The molecule has 4 rings (SSSR count). The Labute approximate surface area is 196 Å². The van der Waals surface area contributed by atoms with Crippen LogP contribution in [0.1, 0.15) is 12.8 Å². The number of likely N-dealkylation sites (N-methyl/N-ethyl adjacent to an activating group) is 2. The number of likely N-dealkylation sites (tertiary alicyclic amines) is 1. The monoisotopic (exact) mass is 473 g/mol. The Morgan fingerprint density at radius 2 is 2.06 bits per heavy atom. The summed E-state index contributed by atoms with van der Waals surface area (Å²) in [4.78, 5) is 25.2. The third-order valence-electron chi connectivity index (χ3n) is 5.77. The van der Waals surface area contributed by atoms with Gasteiger partial charge in [-0.05, 0) is 31.7 Å². The SMILES string of the molecule is COc1cc2ncnc(Nc3cccc(Cl)c3F)c2cc1O[C@@]1(C(=O)N(C)C)CCCN1C. The van der Waals surface area contributed by atoms with Crippen LogP contribution in [0.3, 0.4) is 0 Å². The van der Waals surface area contributed by atoms with Crippen molar-refractivity contribution in [3.8, 4) is 11.5 Å². The number of rotatable bonds is 6. The molecule has 1 aromatic heterocycles. The number of benzene rings is 2. The number of nitrogens with one attached hydrogen (secondary N) is 1. The zero-order valence-corrected chi connectivity index (χ0v) is 19.6. The van der Waals surface area contributed by atoms with Crippen molar-refractivity contribution in [3.05, 3.63) is 47.5 Å². The van der Waals surface area contributed by atoms with E-state index in [9.17, 15) is 9.18 Å². The molecule has 0 unspecified atom stereocenters. The van der Waals surface area contributed by atoms with E-state index in [1.165, 1.54) is 24.4 Å². The van der Waals surface area contributed by atoms with Gasteiger partial charge in [-0.2, -0.15) is 0 Å². The lowest BCUT2D eigenvalue weighted by molar-refractivity contribution is -0.158. The van der Waals surface area contributed by atoms with Gasteiger partial charge in [-0.1, -0.05) is 17.7 Å². The van der Waals surface area contributed by atoms with Crippen LogP contribution in [0.25, 0.3) is 10.9 Å². The molecule has 1 saturated heterocycles. The number of carbonyl (C=O) groups excluding carboxylic acids is 1. The molecule has 0 bridgehead atoms. The van der Waals surface area contributed by atoms with Crippen LogP contribution in [0, 0.1) is 5.82 Å². The van der Waals surface area contributed by atoms with E-state index in [0.717, 1.165) is 13.0 Å². The van der Waals surface area contributed by atoms with E-state index in [1.54, 1.807) is 38.4 Å². The molecule has 3 aromatic rings. The van der Waals surface area contributed by atoms with Gasteiger partial charge in [0, 0.05) is 38.5 Å². The van der Waals surface area contributed by atoms with Crippen LogP contribution in [-0.4, -0.2) is 66.2 Å². The highest BCUT2D eigenvalue weighted by Gasteiger charge is 2.49. The Kier molecular flexibility index (Phi) is 6.27. The van der Waals surface area contributed by atoms with Crippen LogP contribution in [0.5, 0.6) is 11.5 Å². The standard InChI is InChI=1S/C23H25ClFN5O3/c1-29(2)22(31)23(9-6-10-30(23)3)33-19-11-14-17(12-18(19)32-4)26-13-27-21(14)28-16-8-5-7-15(24)20(16)25/h5,7-8,11-13H,6,9-10H2,1-4H3,(H,26,27,28)/t23-/m1/s1. The van der Waals surface area contributed by atoms with Crippen LogP contribution in [-0.2, 0) is 4.79 Å². The van der Waals surface area contributed by atoms with Crippen molar-refractivity contribution in [1.82, 2.24) is 19.8 Å². The fourth-order valence-corrected chi connectivity index (χ4v) is 4.21. The van der Waals surface area contributed by atoms with E-state index >= 15 is 0 Å². The molecule has 1 atom stereocenters. The van der Waals surface area contributed by atoms with Gasteiger partial charge in [0.05, 0.1) is 23.3 Å². The van der Waals surface area contributed by atoms with Crippen LogP contribution in [0.2, 0.25) is 5.02 Å². The number of methoxy groups -OCH3 is 1. The zero-order valence-electron chi connectivity index (χ0n) is 18.9. The van der Waals surface area contributed by atoms with Crippen molar-refractivity contribution in [2.24, 2.45) is 0 Å². The highest BCUT2D eigenvalue weighted by molar-refractivity contribution is 6.31. The molecular weight excluding hydrogens is 449 g/mol. The summed E-state index contributed by atoms with van der Waals surface area (Å²) in [5.74, 6) is 0.402. The second-order valence-electron chi connectivity index (χ2n) is 8.08. The number of fused-ring (bicyclic) bond motifs is 1. The summed E-state index contributed by atoms with van der Waals surface area (Å²) in [5.41, 5.74) is -0.422. The summed E-state index contributed by atoms with van der Waals surface area (Å²) in [5, 5.41) is 3.55. The van der Waals surface area contributed by atoms with Gasteiger partial charge in [-0.25, -0.2) is 14.4 Å². The molecule has 0 saturated carbocycles. The van der Waals surface area contributed by atoms with E-state index in [4.69, 9.17) is 21.1 Å². The topological polar surface area (TPSA) is 79.8 Å². The predicted octanol–water partition coefficient (Wildman–Crippen LogP) is 4.06. The second-order valence-corrected chi connectivity index (χ2v) is 8.49. The first-order valence-electron chi connectivity index (χ1n) is 10.4. The molecule has 1 N–H and O–H groups in total. The molecule has 1 aliphatic heterocycles. The van der Waals surface area contributed by atoms with Crippen molar-refractivity contribution in [1.29, 1.82) is 0 Å². The molecule has 1 aliphatic rings. The van der Waals surface area contributed by atoms with Crippen LogP contribution >= 0.6 is 11.6 Å². The minimum absolute atomic E-state index is 0.00235. The predicted molar refractivity (Wildman–Crippen MR) is 125 cm³/mol. The first-order valence-corrected chi connectivity index (χ1v) is 10.8. The average Bonchev–Trinajstić information content (AvgIpc) is 3.17. The number of carbonyl (C=O) groups is 1. The number of anilines is 2. The van der Waals surface area contributed by atoms with Gasteiger partial charge in [-0.3, -0.25) is 9.69 Å². The number of hydrogen-bond acceptors (Lipinski definition) is 7. The van der Waals surface area contributed by atoms with E-state index in [-0.39, 0.29) is 16.6 Å². The molecule has 8 nitrogen and oxygen atoms in total. The highest BCUT2D eigenvalue weighted by atomic mass is 35.5. The summed E-state index contributed by atoms with van der Waals surface area (Å²) in [6, 6.07) is 8.08. The van der Waals surface area contributed by atoms with Crippen molar-refractivity contribution in [2.45, 2.75) is 18.6 Å². The highest BCUT2D eigenvalue weighted by Crippen LogP contribution is 2.40. The first kappa shape index (κ1) is 23.0. The van der Waals surface area contributed by atoms with Gasteiger partial charge >= 0.3 is 0 Å². The number of aromatic nitrogens is 2. The maximum atomic E-state index is 14.5. The lowest BCUT2D eigenvalue weighted by atomic mass is 10.1. The molecular formula is C23H25ClFN5O3. The van der Waals surface area contributed by atoms with E-state index in [2.05, 4.69) is 15.3 Å². The number of ether oxygens (including phenoxy) is 2. The summed E-state index contributed by atoms with van der Waals surface area (Å²) in [6.45, 7) is 0.722. The molecule has 0 spiro atoms. The molecule has 1 amide bonds. The molecule has 10 heteroatoms. The van der Waals surface area contributed by atoms with Crippen LogP contribution in [0.4, 0.5) is 15.9 Å². The Balaban J connectivity index is 1.81. The lowest BCUT2D eigenvalue weighted by Gasteiger charge is -2.37. The van der Waals surface area contributed by atoms with Gasteiger partial charge < -0.3 is 19.7 Å². The van der Waals surface area contributed by atoms with Crippen LogP contribution < -0.4 is 14.8 Å². The summed E-state index contributed by atoms with van der Waals surface area (Å²) >= 11 is 5.92. The Morgan fingerprint density at radius 3 is 2.73 bits per heavy atom. The molecule has 33 heavy (non-hydrogen) atoms. The normalized spacial score (nSPS) is 18.4. The average molecular weight is 474 g/mol. The van der Waals surface area contributed by atoms with Gasteiger partial charge in [0.25, 0.3) is 5.91 Å². The summed E-state index contributed by atoms with van der Waals surface area (Å²) < 4.78 is 26.4. The third-order valence-corrected chi connectivity index (χ3v) is 6.06.